The highest BCUT2D eigenvalue weighted by atomic mass is 16.5. The standard InChI is InChI=1S/C16H23N3O4/c1-10(2)14-17-18-15(23-14)13-9-21-8-6-19(13)16(20)12-5-4-7-22-11(12)3/h10,13H,4-9H2,1-3H3. The molecule has 7 heteroatoms. The maximum Gasteiger partial charge on any atom is 0.253 e. The lowest BCUT2D eigenvalue weighted by atomic mass is 10.0. The van der Waals surface area contributed by atoms with Crippen molar-refractivity contribution in [3.05, 3.63) is 23.1 Å². The van der Waals surface area contributed by atoms with Gasteiger partial charge in [0.1, 0.15) is 11.8 Å². The smallest absolute Gasteiger partial charge is 0.253 e. The third-order valence-corrected chi connectivity index (χ3v) is 4.20. The summed E-state index contributed by atoms with van der Waals surface area (Å²) in [6.07, 6.45) is 1.61. The van der Waals surface area contributed by atoms with Crippen molar-refractivity contribution < 1.29 is 18.7 Å². The van der Waals surface area contributed by atoms with Gasteiger partial charge in [0.05, 0.1) is 25.4 Å². The summed E-state index contributed by atoms with van der Waals surface area (Å²) in [4.78, 5) is 14.7. The van der Waals surface area contributed by atoms with Gasteiger partial charge in [0.25, 0.3) is 5.91 Å². The van der Waals surface area contributed by atoms with Crippen LogP contribution in [-0.2, 0) is 14.3 Å². The molecule has 1 aromatic rings. The molecule has 0 saturated carbocycles. The number of ether oxygens (including phenoxy) is 2. The summed E-state index contributed by atoms with van der Waals surface area (Å²) in [6, 6.07) is -0.335. The number of nitrogens with zero attached hydrogens (tertiary/aromatic N) is 3. The van der Waals surface area contributed by atoms with Crippen molar-refractivity contribution in [3.63, 3.8) is 0 Å². The number of morpholine rings is 1. The van der Waals surface area contributed by atoms with Crippen LogP contribution in [0.2, 0.25) is 0 Å². The van der Waals surface area contributed by atoms with Crippen LogP contribution in [0.15, 0.2) is 15.7 Å². The highest BCUT2D eigenvalue weighted by Crippen LogP contribution is 2.29. The van der Waals surface area contributed by atoms with Crippen LogP contribution >= 0.6 is 0 Å². The molecular formula is C16H23N3O4. The van der Waals surface area contributed by atoms with E-state index >= 15 is 0 Å². The van der Waals surface area contributed by atoms with Gasteiger partial charge in [-0.15, -0.1) is 10.2 Å². The van der Waals surface area contributed by atoms with Crippen LogP contribution in [0.3, 0.4) is 0 Å². The SMILES string of the molecule is CC1=C(C(=O)N2CCOCC2c2nnc(C(C)C)o2)CCCO1. The number of hydrogen-bond acceptors (Lipinski definition) is 6. The summed E-state index contributed by atoms with van der Waals surface area (Å²) in [5.74, 6) is 1.88. The Morgan fingerprint density at radius 2 is 2.13 bits per heavy atom. The maximum absolute atomic E-state index is 12.9. The van der Waals surface area contributed by atoms with E-state index in [0.717, 1.165) is 24.2 Å². The van der Waals surface area contributed by atoms with Crippen molar-refractivity contribution in [1.82, 2.24) is 15.1 Å². The lowest BCUT2D eigenvalue weighted by Gasteiger charge is -2.35. The highest BCUT2D eigenvalue weighted by molar-refractivity contribution is 5.94. The second-order valence-corrected chi connectivity index (χ2v) is 6.21. The molecular weight excluding hydrogens is 298 g/mol. The summed E-state index contributed by atoms with van der Waals surface area (Å²) in [7, 11) is 0. The van der Waals surface area contributed by atoms with E-state index in [9.17, 15) is 4.79 Å². The zero-order valence-electron chi connectivity index (χ0n) is 13.9. The molecule has 0 spiro atoms. The Bertz CT molecular complexity index is 608. The predicted molar refractivity (Wildman–Crippen MR) is 81.5 cm³/mol. The first kappa shape index (κ1) is 16.0. The third-order valence-electron chi connectivity index (χ3n) is 4.20. The Morgan fingerprint density at radius 1 is 1.30 bits per heavy atom. The van der Waals surface area contributed by atoms with Crippen molar-refractivity contribution in [1.29, 1.82) is 0 Å². The van der Waals surface area contributed by atoms with Crippen molar-refractivity contribution in [2.45, 2.75) is 45.6 Å². The van der Waals surface area contributed by atoms with Gasteiger partial charge in [-0.1, -0.05) is 13.8 Å². The van der Waals surface area contributed by atoms with Crippen LogP contribution < -0.4 is 0 Å². The van der Waals surface area contributed by atoms with E-state index in [1.165, 1.54) is 0 Å². The fraction of sp³-hybridized carbons (Fsp3) is 0.688. The van der Waals surface area contributed by atoms with Crippen molar-refractivity contribution in [2.24, 2.45) is 0 Å². The average Bonchev–Trinajstić information content (AvgIpc) is 3.05. The minimum atomic E-state index is -0.335. The van der Waals surface area contributed by atoms with E-state index in [-0.39, 0.29) is 17.9 Å². The second kappa shape index (κ2) is 6.70. The number of carbonyl (C=O) groups excluding carboxylic acids is 1. The van der Waals surface area contributed by atoms with Gasteiger partial charge in [-0.25, -0.2) is 0 Å². The zero-order valence-corrected chi connectivity index (χ0v) is 13.9. The Hall–Kier alpha value is -1.89. The number of amides is 1. The second-order valence-electron chi connectivity index (χ2n) is 6.21. The van der Waals surface area contributed by atoms with Crippen LogP contribution in [0, 0.1) is 0 Å². The number of aromatic nitrogens is 2. The van der Waals surface area contributed by atoms with Gasteiger partial charge >= 0.3 is 0 Å². The molecule has 1 atom stereocenters. The molecule has 0 aromatic carbocycles. The fourth-order valence-electron chi connectivity index (χ4n) is 2.83. The molecule has 7 nitrogen and oxygen atoms in total. The highest BCUT2D eigenvalue weighted by Gasteiger charge is 2.35. The molecule has 0 radical (unpaired) electrons. The molecule has 0 aliphatic carbocycles. The number of hydrogen-bond donors (Lipinski definition) is 0. The van der Waals surface area contributed by atoms with E-state index in [4.69, 9.17) is 13.9 Å². The van der Waals surface area contributed by atoms with Crippen molar-refractivity contribution >= 4 is 5.91 Å². The average molecular weight is 321 g/mol. The predicted octanol–water partition coefficient (Wildman–Crippen LogP) is 2.18. The molecule has 3 rings (SSSR count). The van der Waals surface area contributed by atoms with Gasteiger partial charge in [0.15, 0.2) is 0 Å². The Balaban J connectivity index is 1.84. The van der Waals surface area contributed by atoms with Gasteiger partial charge in [-0.05, 0) is 19.8 Å². The van der Waals surface area contributed by atoms with E-state index < -0.39 is 0 Å². The largest absolute Gasteiger partial charge is 0.498 e. The maximum atomic E-state index is 12.9. The lowest BCUT2D eigenvalue weighted by Crippen LogP contribution is -2.44. The van der Waals surface area contributed by atoms with E-state index in [1.54, 1.807) is 4.90 Å². The minimum absolute atomic E-state index is 0.0141. The molecule has 1 fully saturated rings. The molecule has 0 N–H and O–H groups in total. The van der Waals surface area contributed by atoms with Crippen LogP contribution in [-0.4, -0.2) is 47.4 Å². The van der Waals surface area contributed by atoms with Crippen LogP contribution in [0.4, 0.5) is 0 Å². The molecule has 126 valence electrons. The summed E-state index contributed by atoms with van der Waals surface area (Å²) in [6.45, 7) is 7.91. The first-order valence-corrected chi connectivity index (χ1v) is 8.12. The van der Waals surface area contributed by atoms with E-state index in [1.807, 2.05) is 20.8 Å². The number of allylic oxidation sites excluding steroid dienone is 1. The lowest BCUT2D eigenvalue weighted by molar-refractivity contribution is -0.137. The van der Waals surface area contributed by atoms with Gasteiger partial charge in [-0.3, -0.25) is 4.79 Å². The Labute approximate surface area is 135 Å². The Kier molecular flexibility index (Phi) is 4.66. The monoisotopic (exact) mass is 321 g/mol. The summed E-state index contributed by atoms with van der Waals surface area (Å²) >= 11 is 0. The Morgan fingerprint density at radius 3 is 2.83 bits per heavy atom. The first-order chi connectivity index (χ1) is 11.1. The molecule has 3 heterocycles. The molecule has 2 aliphatic heterocycles. The fourth-order valence-corrected chi connectivity index (χ4v) is 2.83. The summed E-state index contributed by atoms with van der Waals surface area (Å²) in [5, 5.41) is 8.19. The molecule has 1 amide bonds. The number of carbonyl (C=O) groups is 1. The van der Waals surface area contributed by atoms with E-state index in [0.29, 0.717) is 38.1 Å². The zero-order chi connectivity index (χ0) is 16.4. The molecule has 2 aliphatic rings. The van der Waals surface area contributed by atoms with Crippen molar-refractivity contribution in [2.75, 3.05) is 26.4 Å². The van der Waals surface area contributed by atoms with Crippen LogP contribution in [0.1, 0.15) is 57.4 Å². The van der Waals surface area contributed by atoms with E-state index in [2.05, 4.69) is 10.2 Å². The summed E-state index contributed by atoms with van der Waals surface area (Å²) in [5.41, 5.74) is 0.742. The minimum Gasteiger partial charge on any atom is -0.498 e. The quantitative estimate of drug-likeness (QED) is 0.849. The van der Waals surface area contributed by atoms with Gasteiger partial charge in [0, 0.05) is 12.5 Å². The third kappa shape index (κ3) is 3.24. The van der Waals surface area contributed by atoms with Crippen LogP contribution in [0.5, 0.6) is 0 Å². The molecule has 1 aromatic heterocycles. The molecule has 1 saturated heterocycles. The van der Waals surface area contributed by atoms with Crippen LogP contribution in [0.25, 0.3) is 0 Å². The molecule has 1 unspecified atom stereocenters. The number of rotatable bonds is 3. The van der Waals surface area contributed by atoms with Gasteiger partial charge in [-0.2, -0.15) is 0 Å². The first-order valence-electron chi connectivity index (χ1n) is 8.12. The summed E-state index contributed by atoms with van der Waals surface area (Å²) < 4.78 is 16.8. The molecule has 0 bridgehead atoms. The molecule has 23 heavy (non-hydrogen) atoms. The van der Waals surface area contributed by atoms with Gasteiger partial charge in [0.2, 0.25) is 11.8 Å². The normalized spacial score (nSPS) is 22.4. The van der Waals surface area contributed by atoms with Crippen molar-refractivity contribution in [3.8, 4) is 0 Å². The van der Waals surface area contributed by atoms with Gasteiger partial charge < -0.3 is 18.8 Å². The topological polar surface area (TPSA) is 77.7 Å².